The fourth-order valence-electron chi connectivity index (χ4n) is 2.06. The second kappa shape index (κ2) is 5.36. The monoisotopic (exact) mass is 308 g/mol. The van der Waals surface area contributed by atoms with Gasteiger partial charge in [0.2, 0.25) is 5.28 Å². The van der Waals surface area contributed by atoms with Crippen molar-refractivity contribution in [2.24, 2.45) is 0 Å². The number of halogens is 2. The van der Waals surface area contributed by atoms with E-state index in [2.05, 4.69) is 15.0 Å². The third-order valence-electron chi connectivity index (χ3n) is 2.91. The third-order valence-corrected chi connectivity index (χ3v) is 3.34. The van der Waals surface area contributed by atoms with Gasteiger partial charge in [-0.05, 0) is 11.6 Å². The molecular weight excluding hydrogens is 299 g/mol. The lowest BCUT2D eigenvalue weighted by atomic mass is 10.2. The Bertz CT molecular complexity index is 745. The Morgan fingerprint density at radius 3 is 2.60 bits per heavy atom. The second-order valence-corrected chi connectivity index (χ2v) is 4.80. The maximum atomic E-state index is 6.02. The number of aromatic nitrogens is 4. The summed E-state index contributed by atoms with van der Waals surface area (Å²) in [7, 11) is 1.62. The number of benzene rings is 1. The van der Waals surface area contributed by atoms with Crippen LogP contribution in [0.1, 0.15) is 11.8 Å². The van der Waals surface area contributed by atoms with E-state index >= 15 is 0 Å². The second-order valence-electron chi connectivity index (χ2n) is 4.11. The fraction of sp³-hybridized carbons (Fsp3) is 0.154. The van der Waals surface area contributed by atoms with Gasteiger partial charge >= 0.3 is 0 Å². The number of fused-ring (bicyclic) bond motifs is 1. The highest BCUT2D eigenvalue weighted by Crippen LogP contribution is 2.26. The summed E-state index contributed by atoms with van der Waals surface area (Å²) in [5, 5.41) is 0.300. The Morgan fingerprint density at radius 1 is 1.15 bits per heavy atom. The van der Waals surface area contributed by atoms with E-state index in [9.17, 15) is 0 Å². The lowest BCUT2D eigenvalue weighted by molar-refractivity contribution is 0.0813. The molecule has 5 nitrogen and oxygen atoms in total. The highest BCUT2D eigenvalue weighted by Gasteiger charge is 2.18. The van der Waals surface area contributed by atoms with Gasteiger partial charge in [-0.15, -0.1) is 0 Å². The van der Waals surface area contributed by atoms with Crippen LogP contribution < -0.4 is 0 Å². The van der Waals surface area contributed by atoms with Crippen LogP contribution in [0.15, 0.2) is 36.7 Å². The van der Waals surface area contributed by atoms with E-state index in [1.165, 1.54) is 0 Å². The fourth-order valence-corrected chi connectivity index (χ4v) is 2.48. The smallest absolute Gasteiger partial charge is 0.225 e. The molecule has 7 heteroatoms. The topological polar surface area (TPSA) is 52.8 Å². The molecule has 0 radical (unpaired) electrons. The molecule has 0 bridgehead atoms. The van der Waals surface area contributed by atoms with Crippen LogP contribution in [0.5, 0.6) is 0 Å². The van der Waals surface area contributed by atoms with Gasteiger partial charge in [-0.25, -0.2) is 9.97 Å². The van der Waals surface area contributed by atoms with Crippen molar-refractivity contribution in [1.29, 1.82) is 0 Å². The number of rotatable bonds is 3. The van der Waals surface area contributed by atoms with Crippen molar-refractivity contribution < 1.29 is 4.74 Å². The zero-order valence-electron chi connectivity index (χ0n) is 10.5. The van der Waals surface area contributed by atoms with Gasteiger partial charge < -0.3 is 4.74 Å². The number of methoxy groups -OCH3 is 1. The summed E-state index contributed by atoms with van der Waals surface area (Å²) in [6, 6.07) is 9.75. The Morgan fingerprint density at radius 2 is 1.90 bits per heavy atom. The average Bonchev–Trinajstić information content (AvgIpc) is 2.85. The summed E-state index contributed by atoms with van der Waals surface area (Å²) in [5.74, 6) is 0. The van der Waals surface area contributed by atoms with E-state index in [4.69, 9.17) is 27.9 Å². The minimum Gasteiger partial charge on any atom is -0.357 e. The Kier molecular flexibility index (Phi) is 3.56. The lowest BCUT2D eigenvalue weighted by Crippen LogP contribution is -2.12. The van der Waals surface area contributed by atoms with Gasteiger partial charge in [0.1, 0.15) is 5.52 Å². The number of imidazole rings is 1. The van der Waals surface area contributed by atoms with Crippen LogP contribution in [0.4, 0.5) is 0 Å². The molecule has 0 fully saturated rings. The van der Waals surface area contributed by atoms with Gasteiger partial charge in [0, 0.05) is 12.7 Å². The molecule has 3 aromatic rings. The summed E-state index contributed by atoms with van der Waals surface area (Å²) in [5.41, 5.74) is 2.00. The van der Waals surface area contributed by atoms with Crippen molar-refractivity contribution in [3.05, 3.63) is 52.7 Å². The standard InChI is InChI=1S/C13H10Cl2N4O/c1-20-12(8-5-3-2-4-6-8)19-7-16-9-10(14)17-13(15)18-11(9)19/h2-7,12H,1H3. The molecule has 2 heterocycles. The summed E-state index contributed by atoms with van der Waals surface area (Å²) in [6.07, 6.45) is 1.26. The maximum Gasteiger partial charge on any atom is 0.225 e. The lowest BCUT2D eigenvalue weighted by Gasteiger charge is -2.17. The molecule has 102 valence electrons. The van der Waals surface area contributed by atoms with Gasteiger partial charge in [0.25, 0.3) is 0 Å². The van der Waals surface area contributed by atoms with Crippen molar-refractivity contribution >= 4 is 34.4 Å². The Hall–Kier alpha value is -1.69. The normalized spacial score (nSPS) is 12.8. The molecule has 20 heavy (non-hydrogen) atoms. The van der Waals surface area contributed by atoms with Crippen LogP contribution in [0.25, 0.3) is 11.2 Å². The quantitative estimate of drug-likeness (QED) is 0.550. The molecule has 1 atom stereocenters. The number of ether oxygens (including phenoxy) is 1. The van der Waals surface area contributed by atoms with Gasteiger partial charge in [0.15, 0.2) is 17.0 Å². The maximum absolute atomic E-state index is 6.02. The summed E-state index contributed by atoms with van der Waals surface area (Å²) in [4.78, 5) is 12.3. The number of nitrogens with zero attached hydrogens (tertiary/aromatic N) is 4. The van der Waals surface area contributed by atoms with E-state index in [0.29, 0.717) is 11.2 Å². The molecule has 0 aliphatic rings. The van der Waals surface area contributed by atoms with Crippen molar-refractivity contribution in [2.75, 3.05) is 7.11 Å². The molecule has 0 spiro atoms. The van der Waals surface area contributed by atoms with Crippen LogP contribution in [0.3, 0.4) is 0 Å². The van der Waals surface area contributed by atoms with Crippen LogP contribution in [0, 0.1) is 0 Å². The summed E-state index contributed by atoms with van der Waals surface area (Å²) < 4.78 is 7.31. The van der Waals surface area contributed by atoms with E-state index < -0.39 is 0 Å². The molecule has 1 aromatic carbocycles. The van der Waals surface area contributed by atoms with Crippen LogP contribution in [0.2, 0.25) is 10.4 Å². The van der Waals surface area contributed by atoms with Crippen molar-refractivity contribution in [3.63, 3.8) is 0 Å². The van der Waals surface area contributed by atoms with Gasteiger partial charge in [-0.3, -0.25) is 4.57 Å². The third kappa shape index (κ3) is 2.24. The van der Waals surface area contributed by atoms with Crippen LogP contribution in [-0.4, -0.2) is 26.6 Å². The molecule has 1 unspecified atom stereocenters. The zero-order chi connectivity index (χ0) is 14.1. The SMILES string of the molecule is COC(c1ccccc1)n1cnc2c(Cl)nc(Cl)nc21. The predicted molar refractivity (Wildman–Crippen MR) is 76.9 cm³/mol. The molecule has 0 aliphatic heterocycles. The minimum absolute atomic E-state index is 0.0761. The first-order chi connectivity index (χ1) is 9.70. The molecule has 0 aliphatic carbocycles. The molecule has 0 saturated heterocycles. The van der Waals surface area contributed by atoms with Crippen molar-refractivity contribution in [3.8, 4) is 0 Å². The zero-order valence-corrected chi connectivity index (χ0v) is 12.0. The number of hydrogen-bond donors (Lipinski definition) is 0. The largest absolute Gasteiger partial charge is 0.357 e. The molecule has 0 amide bonds. The number of hydrogen-bond acceptors (Lipinski definition) is 4. The van der Waals surface area contributed by atoms with E-state index in [-0.39, 0.29) is 16.7 Å². The minimum atomic E-state index is -0.358. The first-order valence-corrected chi connectivity index (χ1v) is 6.59. The van der Waals surface area contributed by atoms with E-state index in [1.54, 1.807) is 18.0 Å². The van der Waals surface area contributed by atoms with E-state index in [0.717, 1.165) is 5.56 Å². The molecule has 2 aromatic heterocycles. The highest BCUT2D eigenvalue weighted by molar-refractivity contribution is 6.35. The highest BCUT2D eigenvalue weighted by atomic mass is 35.5. The van der Waals surface area contributed by atoms with Crippen molar-refractivity contribution in [2.45, 2.75) is 6.23 Å². The molecule has 3 rings (SSSR count). The van der Waals surface area contributed by atoms with E-state index in [1.807, 2.05) is 30.3 Å². The first-order valence-electron chi connectivity index (χ1n) is 5.84. The Labute approximate surface area is 125 Å². The van der Waals surface area contributed by atoms with Crippen LogP contribution in [-0.2, 0) is 4.74 Å². The molecule has 0 N–H and O–H groups in total. The van der Waals surface area contributed by atoms with Gasteiger partial charge in [-0.2, -0.15) is 4.98 Å². The average molecular weight is 309 g/mol. The molecular formula is C13H10Cl2N4O. The first kappa shape index (κ1) is 13.3. The summed E-state index contributed by atoms with van der Waals surface area (Å²) in [6.45, 7) is 0. The van der Waals surface area contributed by atoms with Gasteiger partial charge in [0.05, 0.1) is 6.33 Å². The van der Waals surface area contributed by atoms with Crippen LogP contribution >= 0.6 is 23.2 Å². The van der Waals surface area contributed by atoms with Crippen molar-refractivity contribution in [1.82, 2.24) is 19.5 Å². The Balaban J connectivity index is 2.18. The molecule has 0 saturated carbocycles. The van der Waals surface area contributed by atoms with Gasteiger partial charge in [-0.1, -0.05) is 41.9 Å². The predicted octanol–water partition coefficient (Wildman–Crippen LogP) is 3.33. The summed E-state index contributed by atoms with van der Waals surface area (Å²) >= 11 is 11.9.